The Labute approximate surface area is 183 Å². The fourth-order valence-corrected chi connectivity index (χ4v) is 2.61. The van der Waals surface area contributed by atoms with E-state index in [1.54, 1.807) is 43.3 Å². The number of carbonyl (C=O) groups is 2. The number of para-hydroxylation sites is 1. The number of aliphatic imine (C=N–C) groups is 1. The van der Waals surface area contributed by atoms with Crippen LogP contribution in [0.1, 0.15) is 17.5 Å². The summed E-state index contributed by atoms with van der Waals surface area (Å²) in [6.45, 7) is 1.58. The molecule has 11 nitrogen and oxygen atoms in total. The summed E-state index contributed by atoms with van der Waals surface area (Å²) in [7, 11) is 1.42. The highest BCUT2D eigenvalue weighted by Crippen LogP contribution is 2.26. The molecule has 0 saturated heterocycles. The summed E-state index contributed by atoms with van der Waals surface area (Å²) in [5.74, 6) is 4.15. The second kappa shape index (κ2) is 9.89. The number of hydrazone groups is 1. The Morgan fingerprint density at radius 3 is 2.34 bits per heavy atom. The zero-order chi connectivity index (χ0) is 23.1. The number of carbonyl (C=O) groups excluding carboxylic acids is 2. The lowest BCUT2D eigenvalue weighted by Gasteiger charge is -2.12. The molecule has 0 unspecified atom stereocenters. The van der Waals surface area contributed by atoms with Gasteiger partial charge in [0.2, 0.25) is 11.7 Å². The SMILES string of the molecule is COc1nc(-c2cnc(C(N)=O)nc2)ccc1NC(=O)C(=Nc1ccccc1)/C(C)=N\N. The van der Waals surface area contributed by atoms with E-state index in [0.29, 0.717) is 22.6 Å². The molecule has 0 saturated carbocycles. The van der Waals surface area contributed by atoms with Crippen LogP contribution < -0.4 is 21.6 Å². The van der Waals surface area contributed by atoms with Gasteiger partial charge >= 0.3 is 0 Å². The summed E-state index contributed by atoms with van der Waals surface area (Å²) in [5.41, 5.74) is 7.32. The maximum Gasteiger partial charge on any atom is 0.286 e. The van der Waals surface area contributed by atoms with Crippen LogP contribution in [0.5, 0.6) is 5.88 Å². The van der Waals surface area contributed by atoms with E-state index in [4.69, 9.17) is 16.3 Å². The van der Waals surface area contributed by atoms with Crippen LogP contribution >= 0.6 is 0 Å². The first kappa shape index (κ1) is 22.0. The van der Waals surface area contributed by atoms with Gasteiger partial charge in [-0.2, -0.15) is 5.10 Å². The fourth-order valence-electron chi connectivity index (χ4n) is 2.61. The van der Waals surface area contributed by atoms with Crippen molar-refractivity contribution in [3.63, 3.8) is 0 Å². The third-order valence-corrected chi connectivity index (χ3v) is 4.22. The first-order valence-corrected chi connectivity index (χ1v) is 9.30. The Kier molecular flexibility index (Phi) is 6.81. The van der Waals surface area contributed by atoms with Crippen molar-refractivity contribution >= 4 is 34.6 Å². The number of hydrogen-bond acceptors (Lipinski definition) is 9. The van der Waals surface area contributed by atoms with E-state index in [1.165, 1.54) is 19.5 Å². The minimum Gasteiger partial charge on any atom is -0.479 e. The molecule has 2 amide bonds. The molecular weight excluding hydrogens is 412 g/mol. The largest absolute Gasteiger partial charge is 0.479 e. The summed E-state index contributed by atoms with van der Waals surface area (Å²) in [6.07, 6.45) is 2.83. The van der Waals surface area contributed by atoms with Crippen molar-refractivity contribution in [3.05, 3.63) is 60.7 Å². The molecule has 0 spiro atoms. The van der Waals surface area contributed by atoms with Gasteiger partial charge in [0.05, 0.1) is 24.2 Å². The number of primary amides is 1. The van der Waals surface area contributed by atoms with E-state index < -0.39 is 11.8 Å². The molecule has 0 aliphatic carbocycles. The number of nitrogens with zero attached hydrogens (tertiary/aromatic N) is 5. The molecule has 0 atom stereocenters. The molecule has 0 bridgehead atoms. The van der Waals surface area contributed by atoms with Gasteiger partial charge in [0.25, 0.3) is 11.8 Å². The maximum absolute atomic E-state index is 12.9. The number of nitrogens with one attached hydrogen (secondary N) is 1. The smallest absolute Gasteiger partial charge is 0.286 e. The molecule has 3 aromatic rings. The highest BCUT2D eigenvalue weighted by atomic mass is 16.5. The summed E-state index contributed by atoms with van der Waals surface area (Å²) in [4.78, 5) is 40.6. The van der Waals surface area contributed by atoms with Crippen LogP contribution in [0.2, 0.25) is 0 Å². The molecular formula is C21H20N8O3. The van der Waals surface area contributed by atoms with Crippen molar-refractivity contribution in [3.8, 4) is 17.1 Å². The number of benzene rings is 1. The average molecular weight is 432 g/mol. The van der Waals surface area contributed by atoms with E-state index in [1.807, 2.05) is 6.07 Å². The number of methoxy groups -OCH3 is 1. The van der Waals surface area contributed by atoms with Crippen molar-refractivity contribution < 1.29 is 14.3 Å². The van der Waals surface area contributed by atoms with E-state index >= 15 is 0 Å². The molecule has 0 radical (unpaired) electrons. The van der Waals surface area contributed by atoms with Gasteiger partial charge in [-0.15, -0.1) is 0 Å². The predicted octanol–water partition coefficient (Wildman–Crippen LogP) is 1.69. The Hall–Kier alpha value is -4.67. The van der Waals surface area contributed by atoms with Crippen molar-refractivity contribution in [1.29, 1.82) is 0 Å². The molecule has 1 aromatic carbocycles. The standard InChI is InChI=1S/C21H20N8O3/c1-12(29-23)17(26-14-6-4-3-5-7-14)20(31)27-16-9-8-15(28-21(16)32-2)13-10-24-19(18(22)30)25-11-13/h3-11H,23H2,1-2H3,(H2,22,30)(H,27,31)/b26-17?,29-12-. The number of aromatic nitrogens is 3. The van der Waals surface area contributed by atoms with Crippen LogP contribution in [0.15, 0.2) is 65.0 Å². The van der Waals surface area contributed by atoms with Gasteiger partial charge < -0.3 is 21.6 Å². The topological polar surface area (TPSA) is 171 Å². The summed E-state index contributed by atoms with van der Waals surface area (Å²) in [5, 5.41) is 6.31. The number of amides is 2. The zero-order valence-electron chi connectivity index (χ0n) is 17.3. The van der Waals surface area contributed by atoms with Gasteiger partial charge in [-0.05, 0) is 31.2 Å². The molecule has 5 N–H and O–H groups in total. The van der Waals surface area contributed by atoms with Crippen molar-refractivity contribution in [2.24, 2.45) is 21.7 Å². The van der Waals surface area contributed by atoms with Crippen LogP contribution in [0.25, 0.3) is 11.3 Å². The third kappa shape index (κ3) is 5.08. The Bertz CT molecular complexity index is 1190. The predicted molar refractivity (Wildman–Crippen MR) is 120 cm³/mol. The van der Waals surface area contributed by atoms with E-state index in [0.717, 1.165) is 0 Å². The number of anilines is 1. The van der Waals surface area contributed by atoms with Crippen molar-refractivity contribution in [2.45, 2.75) is 6.92 Å². The second-order valence-electron chi connectivity index (χ2n) is 6.38. The molecule has 0 aliphatic rings. The minimum absolute atomic E-state index is 0.0419. The monoisotopic (exact) mass is 432 g/mol. The first-order valence-electron chi connectivity index (χ1n) is 9.30. The van der Waals surface area contributed by atoms with E-state index in [2.05, 4.69) is 30.4 Å². The number of rotatable bonds is 7. The summed E-state index contributed by atoms with van der Waals surface area (Å²) in [6, 6.07) is 12.2. The van der Waals surface area contributed by atoms with Crippen molar-refractivity contribution in [2.75, 3.05) is 12.4 Å². The molecule has 0 aliphatic heterocycles. The van der Waals surface area contributed by atoms with Gasteiger partial charge in [0, 0.05) is 18.0 Å². The summed E-state index contributed by atoms with van der Waals surface area (Å²) < 4.78 is 5.32. The van der Waals surface area contributed by atoms with E-state index in [-0.39, 0.29) is 23.1 Å². The van der Waals surface area contributed by atoms with E-state index in [9.17, 15) is 9.59 Å². The van der Waals surface area contributed by atoms with Crippen LogP contribution in [-0.2, 0) is 4.79 Å². The highest BCUT2D eigenvalue weighted by Gasteiger charge is 2.19. The lowest BCUT2D eigenvalue weighted by Crippen LogP contribution is -2.29. The van der Waals surface area contributed by atoms with Crippen LogP contribution in [0.3, 0.4) is 0 Å². The van der Waals surface area contributed by atoms with Crippen LogP contribution in [0, 0.1) is 0 Å². The number of nitrogens with two attached hydrogens (primary N) is 2. The van der Waals surface area contributed by atoms with Gasteiger partial charge in [0.1, 0.15) is 5.69 Å². The Balaban J connectivity index is 1.89. The number of pyridine rings is 1. The molecule has 32 heavy (non-hydrogen) atoms. The third-order valence-electron chi connectivity index (χ3n) is 4.22. The maximum atomic E-state index is 12.9. The van der Waals surface area contributed by atoms with Crippen LogP contribution in [0.4, 0.5) is 11.4 Å². The summed E-state index contributed by atoms with van der Waals surface area (Å²) >= 11 is 0. The number of ether oxygens (including phenoxy) is 1. The lowest BCUT2D eigenvalue weighted by molar-refractivity contribution is -0.110. The molecule has 2 aromatic heterocycles. The minimum atomic E-state index is -0.732. The highest BCUT2D eigenvalue weighted by molar-refractivity contribution is 6.68. The molecule has 162 valence electrons. The quantitative estimate of drug-likeness (QED) is 0.289. The van der Waals surface area contributed by atoms with Gasteiger partial charge in [-0.1, -0.05) is 18.2 Å². The normalized spacial score (nSPS) is 11.7. The first-order chi connectivity index (χ1) is 15.4. The lowest BCUT2D eigenvalue weighted by atomic mass is 10.2. The molecule has 3 rings (SSSR count). The Morgan fingerprint density at radius 2 is 1.75 bits per heavy atom. The molecule has 11 heteroatoms. The average Bonchev–Trinajstić information content (AvgIpc) is 2.83. The van der Waals surface area contributed by atoms with Gasteiger partial charge in [-0.25, -0.2) is 19.9 Å². The fraction of sp³-hybridized carbons (Fsp3) is 0.0952. The van der Waals surface area contributed by atoms with Crippen LogP contribution in [-0.4, -0.2) is 45.3 Å². The van der Waals surface area contributed by atoms with Gasteiger partial charge in [0.15, 0.2) is 5.71 Å². The molecule has 2 heterocycles. The van der Waals surface area contributed by atoms with Gasteiger partial charge in [-0.3, -0.25) is 9.59 Å². The van der Waals surface area contributed by atoms with Crippen molar-refractivity contribution in [1.82, 2.24) is 15.0 Å². The second-order valence-corrected chi connectivity index (χ2v) is 6.38. The Morgan fingerprint density at radius 1 is 1.06 bits per heavy atom. The zero-order valence-corrected chi connectivity index (χ0v) is 17.3. The number of hydrogen-bond donors (Lipinski definition) is 3. The molecule has 0 fully saturated rings.